The summed E-state index contributed by atoms with van der Waals surface area (Å²) < 4.78 is 12.1. The topological polar surface area (TPSA) is 59.8 Å². The van der Waals surface area contributed by atoms with Gasteiger partial charge in [-0.05, 0) is 61.6 Å². The molecular weight excluding hydrogens is 414 g/mol. The minimum Gasteiger partial charge on any atom is -0.494 e. The number of amides is 1. The van der Waals surface area contributed by atoms with Crippen molar-refractivity contribution >= 4 is 16.9 Å². The first-order valence-corrected chi connectivity index (χ1v) is 12.1. The van der Waals surface area contributed by atoms with E-state index >= 15 is 0 Å². The molecule has 4 rings (SSSR count). The monoisotopic (exact) mass is 447 g/mol. The third-order valence-corrected chi connectivity index (χ3v) is 6.34. The van der Waals surface area contributed by atoms with Crippen molar-refractivity contribution in [3.05, 3.63) is 74.6 Å². The molecule has 1 amide bonds. The molecule has 3 aromatic rings. The minimum absolute atomic E-state index is 0.121. The van der Waals surface area contributed by atoms with Gasteiger partial charge in [0.15, 0.2) is 5.43 Å². The van der Waals surface area contributed by atoms with Crippen LogP contribution in [0.3, 0.4) is 0 Å². The maximum Gasteiger partial charge on any atom is 0.290 e. The zero-order valence-corrected chi connectivity index (χ0v) is 20.1. The van der Waals surface area contributed by atoms with E-state index in [-0.39, 0.29) is 17.1 Å². The molecule has 0 fully saturated rings. The molecule has 0 bridgehead atoms. The number of rotatable bonds is 9. The van der Waals surface area contributed by atoms with Crippen LogP contribution in [-0.2, 0) is 0 Å². The summed E-state index contributed by atoms with van der Waals surface area (Å²) in [6.07, 6.45) is 5.08. The number of carbonyl (C=O) groups excluding carboxylic acids is 1. The second kappa shape index (κ2) is 9.82. The van der Waals surface area contributed by atoms with Crippen molar-refractivity contribution in [1.82, 2.24) is 4.90 Å². The van der Waals surface area contributed by atoms with Gasteiger partial charge in [0.05, 0.1) is 23.6 Å². The second-order valence-electron chi connectivity index (χ2n) is 9.02. The van der Waals surface area contributed by atoms with Gasteiger partial charge in [0, 0.05) is 6.54 Å². The smallest absolute Gasteiger partial charge is 0.290 e. The quantitative estimate of drug-likeness (QED) is 0.360. The number of nitrogens with zero attached hydrogens (tertiary/aromatic N) is 1. The molecule has 5 nitrogen and oxygen atoms in total. The van der Waals surface area contributed by atoms with E-state index in [2.05, 4.69) is 13.8 Å². The fourth-order valence-electron chi connectivity index (χ4n) is 4.70. The lowest BCUT2D eigenvalue weighted by Gasteiger charge is -2.25. The number of hydrogen-bond donors (Lipinski definition) is 0. The molecule has 1 aliphatic heterocycles. The van der Waals surface area contributed by atoms with Crippen molar-refractivity contribution in [3.63, 3.8) is 0 Å². The Balaban J connectivity index is 1.83. The first kappa shape index (κ1) is 23.1. The third-order valence-electron chi connectivity index (χ3n) is 6.34. The Kier molecular flexibility index (Phi) is 6.87. The molecule has 2 heterocycles. The number of carbonyl (C=O) groups is 1. The summed E-state index contributed by atoms with van der Waals surface area (Å²) in [7, 11) is 0. The maximum atomic E-state index is 13.7. The summed E-state index contributed by atoms with van der Waals surface area (Å²) in [6.45, 7) is 9.36. The highest BCUT2D eigenvalue weighted by Gasteiger charge is 2.42. The van der Waals surface area contributed by atoms with Gasteiger partial charge in [0.1, 0.15) is 11.3 Å². The van der Waals surface area contributed by atoms with E-state index in [0.717, 1.165) is 54.5 Å². The van der Waals surface area contributed by atoms with Gasteiger partial charge >= 0.3 is 0 Å². The maximum absolute atomic E-state index is 13.7. The highest BCUT2D eigenvalue weighted by molar-refractivity contribution is 5.99. The van der Waals surface area contributed by atoms with Gasteiger partial charge in [0.25, 0.3) is 5.91 Å². The van der Waals surface area contributed by atoms with E-state index in [1.54, 1.807) is 4.90 Å². The van der Waals surface area contributed by atoms with Crippen molar-refractivity contribution in [2.24, 2.45) is 0 Å². The Morgan fingerprint density at radius 3 is 2.55 bits per heavy atom. The fraction of sp³-hybridized carbons (Fsp3) is 0.429. The molecule has 1 aliphatic rings. The van der Waals surface area contributed by atoms with E-state index in [0.29, 0.717) is 29.7 Å². The van der Waals surface area contributed by atoms with Crippen LogP contribution in [0, 0.1) is 13.8 Å². The Morgan fingerprint density at radius 2 is 1.79 bits per heavy atom. The molecule has 2 aromatic carbocycles. The molecule has 0 radical (unpaired) electrons. The Hall–Kier alpha value is -3.08. The molecule has 33 heavy (non-hydrogen) atoms. The average molecular weight is 448 g/mol. The predicted octanol–water partition coefficient (Wildman–Crippen LogP) is 6.32. The van der Waals surface area contributed by atoms with E-state index in [4.69, 9.17) is 9.15 Å². The molecule has 0 N–H and O–H groups in total. The van der Waals surface area contributed by atoms with Crippen LogP contribution in [0.15, 0.2) is 45.6 Å². The molecule has 0 spiro atoms. The van der Waals surface area contributed by atoms with Crippen molar-refractivity contribution in [3.8, 4) is 5.75 Å². The largest absolute Gasteiger partial charge is 0.494 e. The Labute approximate surface area is 195 Å². The molecule has 174 valence electrons. The van der Waals surface area contributed by atoms with Crippen LogP contribution >= 0.6 is 0 Å². The summed E-state index contributed by atoms with van der Waals surface area (Å²) in [5.74, 6) is 0.725. The van der Waals surface area contributed by atoms with Crippen molar-refractivity contribution in [2.45, 2.75) is 65.8 Å². The lowest BCUT2D eigenvalue weighted by molar-refractivity contribution is 0.0725. The van der Waals surface area contributed by atoms with E-state index in [1.807, 2.05) is 50.2 Å². The van der Waals surface area contributed by atoms with Crippen molar-refractivity contribution in [2.75, 3.05) is 13.2 Å². The van der Waals surface area contributed by atoms with Crippen LogP contribution in [0.4, 0.5) is 0 Å². The molecule has 1 unspecified atom stereocenters. The highest BCUT2D eigenvalue weighted by Crippen LogP contribution is 2.39. The van der Waals surface area contributed by atoms with Crippen LogP contribution < -0.4 is 10.2 Å². The fourth-order valence-corrected chi connectivity index (χ4v) is 4.70. The molecule has 5 heteroatoms. The summed E-state index contributed by atoms with van der Waals surface area (Å²) in [6, 6.07) is 11.2. The van der Waals surface area contributed by atoms with Crippen LogP contribution in [-0.4, -0.2) is 24.0 Å². The molecule has 0 saturated carbocycles. The highest BCUT2D eigenvalue weighted by atomic mass is 16.5. The zero-order chi connectivity index (χ0) is 23.5. The van der Waals surface area contributed by atoms with Gasteiger partial charge in [-0.1, -0.05) is 51.3 Å². The zero-order valence-electron chi connectivity index (χ0n) is 20.1. The lowest BCUT2D eigenvalue weighted by atomic mass is 9.97. The number of fused-ring (bicyclic) bond motifs is 2. The van der Waals surface area contributed by atoms with Gasteiger partial charge in [-0.25, -0.2) is 0 Å². The van der Waals surface area contributed by atoms with E-state index in [9.17, 15) is 9.59 Å². The lowest BCUT2D eigenvalue weighted by Crippen LogP contribution is -2.30. The Morgan fingerprint density at radius 1 is 1.00 bits per heavy atom. The number of aryl methyl sites for hydroxylation is 2. The third kappa shape index (κ3) is 4.41. The molecule has 1 aromatic heterocycles. The summed E-state index contributed by atoms with van der Waals surface area (Å²) in [5, 5.41) is 0.536. The second-order valence-corrected chi connectivity index (χ2v) is 9.02. The first-order valence-electron chi connectivity index (χ1n) is 12.1. The molecular formula is C28H33NO4. The average Bonchev–Trinajstić information content (AvgIpc) is 3.08. The standard InChI is InChI=1S/C28H33NO4/c1-5-7-9-14-32-21-12-10-11-20(17-21)24-23-25(30)22-16-18(3)15-19(4)26(22)33-27(23)28(31)29(24)13-8-6-2/h10-12,15-17,24H,5-9,13-14H2,1-4H3. The number of benzene rings is 2. The van der Waals surface area contributed by atoms with Crippen LogP contribution in [0.2, 0.25) is 0 Å². The normalized spacial score (nSPS) is 15.3. The first-order chi connectivity index (χ1) is 16.0. The van der Waals surface area contributed by atoms with Gasteiger partial charge in [0.2, 0.25) is 5.76 Å². The van der Waals surface area contributed by atoms with Crippen molar-refractivity contribution in [1.29, 1.82) is 0 Å². The van der Waals surface area contributed by atoms with Gasteiger partial charge < -0.3 is 14.1 Å². The van der Waals surface area contributed by atoms with E-state index < -0.39 is 6.04 Å². The van der Waals surface area contributed by atoms with Gasteiger partial charge in [-0.3, -0.25) is 9.59 Å². The summed E-state index contributed by atoms with van der Waals surface area (Å²) in [5.41, 5.74) is 3.56. The Bertz CT molecular complexity index is 1230. The number of hydrogen-bond acceptors (Lipinski definition) is 4. The molecule has 1 atom stereocenters. The summed E-state index contributed by atoms with van der Waals surface area (Å²) >= 11 is 0. The molecule has 0 aliphatic carbocycles. The number of unbranched alkanes of at least 4 members (excludes halogenated alkanes) is 3. The van der Waals surface area contributed by atoms with Crippen LogP contribution in [0.5, 0.6) is 5.75 Å². The molecule has 0 saturated heterocycles. The summed E-state index contributed by atoms with van der Waals surface area (Å²) in [4.78, 5) is 29.0. The van der Waals surface area contributed by atoms with Gasteiger partial charge in [-0.2, -0.15) is 0 Å². The predicted molar refractivity (Wildman–Crippen MR) is 131 cm³/mol. The number of ether oxygens (including phenoxy) is 1. The van der Waals surface area contributed by atoms with Crippen LogP contribution in [0.25, 0.3) is 11.0 Å². The van der Waals surface area contributed by atoms with Crippen LogP contribution in [0.1, 0.15) is 84.8 Å². The minimum atomic E-state index is -0.472. The van der Waals surface area contributed by atoms with Crippen molar-refractivity contribution < 1.29 is 13.9 Å². The SMILES string of the molecule is CCCCCOc1cccc(C2c3c(oc4c(C)cc(C)cc4c3=O)C(=O)N2CCCC)c1. The van der Waals surface area contributed by atoms with E-state index in [1.165, 1.54) is 0 Å². The van der Waals surface area contributed by atoms with Gasteiger partial charge in [-0.15, -0.1) is 0 Å².